The molecule has 0 aliphatic heterocycles. The van der Waals surface area contributed by atoms with Crippen LogP contribution in [0.1, 0.15) is 5.56 Å². The van der Waals surface area contributed by atoms with E-state index in [1.165, 1.54) is 18.5 Å². The highest BCUT2D eigenvalue weighted by Crippen LogP contribution is 2.22. The Kier molecular flexibility index (Phi) is 4.73. The Balaban J connectivity index is 1.83. The van der Waals surface area contributed by atoms with Gasteiger partial charge in [0, 0.05) is 17.3 Å². The fourth-order valence-corrected chi connectivity index (χ4v) is 2.97. The summed E-state index contributed by atoms with van der Waals surface area (Å²) < 4.78 is 35.4. The lowest BCUT2D eigenvalue weighted by Crippen LogP contribution is -2.14. The largest absolute Gasteiger partial charge is 0.340 e. The summed E-state index contributed by atoms with van der Waals surface area (Å²) in [4.78, 5) is 8.32. The maximum absolute atomic E-state index is 13.0. The lowest BCUT2D eigenvalue weighted by Gasteiger charge is -2.08. The first kappa shape index (κ1) is 17.0. The topological polar surface area (TPSA) is 98.0 Å². The quantitative estimate of drug-likeness (QED) is 0.731. The van der Waals surface area contributed by atoms with E-state index in [2.05, 4.69) is 15.3 Å². The van der Waals surface area contributed by atoms with E-state index < -0.39 is 10.0 Å². The molecule has 0 saturated heterocycles. The maximum Gasteiger partial charge on any atom is 0.213 e. The lowest BCUT2D eigenvalue weighted by atomic mass is 10.1. The lowest BCUT2D eigenvalue weighted by molar-refractivity contribution is 0.597. The molecule has 128 valence electrons. The van der Waals surface area contributed by atoms with Crippen LogP contribution in [0.3, 0.4) is 0 Å². The van der Waals surface area contributed by atoms with Crippen LogP contribution in [0.15, 0.2) is 60.9 Å². The molecule has 0 radical (unpaired) electrons. The number of rotatable bonds is 5. The van der Waals surface area contributed by atoms with E-state index >= 15 is 0 Å². The molecule has 1 aromatic heterocycles. The summed E-state index contributed by atoms with van der Waals surface area (Å²) in [5.41, 5.74) is 2.64. The molecule has 0 aliphatic rings. The van der Waals surface area contributed by atoms with Crippen molar-refractivity contribution in [2.75, 3.05) is 5.32 Å². The first-order valence-corrected chi connectivity index (χ1v) is 9.05. The molecule has 1 heterocycles. The van der Waals surface area contributed by atoms with E-state index in [1.807, 2.05) is 0 Å². The third-order valence-electron chi connectivity index (χ3n) is 3.37. The van der Waals surface area contributed by atoms with E-state index in [0.29, 0.717) is 22.8 Å². The number of halogens is 1. The van der Waals surface area contributed by atoms with Crippen LogP contribution in [-0.4, -0.2) is 18.4 Å². The van der Waals surface area contributed by atoms with Gasteiger partial charge in [0.25, 0.3) is 0 Å². The molecule has 0 fully saturated rings. The molecule has 0 amide bonds. The van der Waals surface area contributed by atoms with Gasteiger partial charge in [0.1, 0.15) is 18.0 Å². The Morgan fingerprint density at radius 3 is 2.52 bits per heavy atom. The second kappa shape index (κ2) is 6.96. The fourth-order valence-electron chi connectivity index (χ4n) is 2.32. The first-order chi connectivity index (χ1) is 11.9. The van der Waals surface area contributed by atoms with Gasteiger partial charge in [0.05, 0.1) is 11.4 Å². The molecule has 0 saturated carbocycles. The molecule has 0 unspecified atom stereocenters. The number of nitrogens with zero attached hydrogens (tertiary/aromatic N) is 2. The second-order valence-corrected chi connectivity index (χ2v) is 7.04. The Bertz CT molecular complexity index is 992. The molecular weight excluding hydrogens is 343 g/mol. The van der Waals surface area contributed by atoms with Gasteiger partial charge >= 0.3 is 0 Å². The average Bonchev–Trinajstić information content (AvgIpc) is 2.54. The molecule has 6 nitrogen and oxygen atoms in total. The van der Waals surface area contributed by atoms with Crippen molar-refractivity contribution < 1.29 is 12.8 Å². The van der Waals surface area contributed by atoms with Gasteiger partial charge in [-0.05, 0) is 42.0 Å². The van der Waals surface area contributed by atoms with E-state index in [9.17, 15) is 12.8 Å². The Morgan fingerprint density at radius 2 is 1.80 bits per heavy atom. The standard InChI is InChI=1S/C17H15FN4O2S/c18-14-6-4-13(5-7-14)16-9-17(21-11-20-16)22-15-3-1-2-12(8-15)10-25(19,23)24/h1-9,11H,10H2,(H2,19,23,24)(H,20,21,22). The van der Waals surface area contributed by atoms with Gasteiger partial charge in [-0.25, -0.2) is 27.9 Å². The highest BCUT2D eigenvalue weighted by molar-refractivity contribution is 7.88. The molecule has 3 aromatic rings. The van der Waals surface area contributed by atoms with Crippen molar-refractivity contribution in [1.29, 1.82) is 0 Å². The highest BCUT2D eigenvalue weighted by atomic mass is 32.2. The zero-order valence-electron chi connectivity index (χ0n) is 13.1. The molecule has 8 heteroatoms. The van der Waals surface area contributed by atoms with Crippen molar-refractivity contribution in [3.8, 4) is 11.3 Å². The molecule has 3 N–H and O–H groups in total. The van der Waals surface area contributed by atoms with E-state index in [0.717, 1.165) is 5.56 Å². The summed E-state index contributed by atoms with van der Waals surface area (Å²) >= 11 is 0. The van der Waals surface area contributed by atoms with Crippen LogP contribution in [0.4, 0.5) is 15.9 Å². The molecule has 2 aromatic carbocycles. The van der Waals surface area contributed by atoms with E-state index in [1.54, 1.807) is 42.5 Å². The second-order valence-electron chi connectivity index (χ2n) is 5.43. The molecule has 0 atom stereocenters. The third kappa shape index (κ3) is 4.82. The number of primary sulfonamides is 1. The normalized spacial score (nSPS) is 11.3. The van der Waals surface area contributed by atoms with Gasteiger partial charge in [0.2, 0.25) is 10.0 Å². The molecule has 0 aliphatic carbocycles. The molecule has 0 spiro atoms. The van der Waals surface area contributed by atoms with Crippen LogP contribution >= 0.6 is 0 Å². The van der Waals surface area contributed by atoms with Gasteiger partial charge in [0.15, 0.2) is 0 Å². The molecule has 3 rings (SSSR count). The Morgan fingerprint density at radius 1 is 1.04 bits per heavy atom. The summed E-state index contributed by atoms with van der Waals surface area (Å²) in [5.74, 6) is -0.0301. The zero-order valence-corrected chi connectivity index (χ0v) is 13.9. The van der Waals surface area contributed by atoms with Crippen LogP contribution in [0.2, 0.25) is 0 Å². The summed E-state index contributed by atoms with van der Waals surface area (Å²) in [7, 11) is -3.60. The van der Waals surface area contributed by atoms with Gasteiger partial charge in [-0.1, -0.05) is 12.1 Å². The SMILES string of the molecule is NS(=O)(=O)Cc1cccc(Nc2cc(-c3ccc(F)cc3)ncn2)c1. The highest BCUT2D eigenvalue weighted by Gasteiger charge is 2.07. The third-order valence-corrected chi connectivity index (χ3v) is 4.11. The van der Waals surface area contributed by atoms with Gasteiger partial charge in [-0.15, -0.1) is 0 Å². The van der Waals surface area contributed by atoms with Crippen LogP contribution in [0, 0.1) is 5.82 Å². The van der Waals surface area contributed by atoms with Crippen LogP contribution in [0.5, 0.6) is 0 Å². The summed E-state index contributed by atoms with van der Waals surface area (Å²) in [6, 6.07) is 14.6. The monoisotopic (exact) mass is 358 g/mol. The number of nitrogens with one attached hydrogen (secondary N) is 1. The summed E-state index contributed by atoms with van der Waals surface area (Å²) in [6.07, 6.45) is 1.40. The molecular formula is C17H15FN4O2S. The number of hydrogen-bond donors (Lipinski definition) is 2. The van der Waals surface area contributed by atoms with Crippen molar-refractivity contribution in [3.63, 3.8) is 0 Å². The first-order valence-electron chi connectivity index (χ1n) is 7.33. The maximum atomic E-state index is 13.0. The van der Waals surface area contributed by atoms with E-state index in [-0.39, 0.29) is 11.6 Å². The zero-order chi connectivity index (χ0) is 17.9. The van der Waals surface area contributed by atoms with Crippen LogP contribution < -0.4 is 10.5 Å². The predicted molar refractivity (Wildman–Crippen MR) is 94.0 cm³/mol. The number of benzene rings is 2. The van der Waals surface area contributed by atoms with Gasteiger partial charge < -0.3 is 5.32 Å². The van der Waals surface area contributed by atoms with Crippen molar-refractivity contribution in [2.24, 2.45) is 5.14 Å². The molecule has 0 bridgehead atoms. The fraction of sp³-hybridized carbons (Fsp3) is 0.0588. The van der Waals surface area contributed by atoms with Crippen LogP contribution in [0.25, 0.3) is 11.3 Å². The van der Waals surface area contributed by atoms with Crippen molar-refractivity contribution >= 4 is 21.5 Å². The minimum Gasteiger partial charge on any atom is -0.340 e. The van der Waals surface area contributed by atoms with Crippen LogP contribution in [-0.2, 0) is 15.8 Å². The minimum absolute atomic E-state index is 0.243. The number of aromatic nitrogens is 2. The van der Waals surface area contributed by atoms with Gasteiger partial charge in [-0.3, -0.25) is 0 Å². The average molecular weight is 358 g/mol. The Labute approximate surface area is 144 Å². The smallest absolute Gasteiger partial charge is 0.213 e. The minimum atomic E-state index is -3.60. The number of nitrogens with two attached hydrogens (primary N) is 1. The summed E-state index contributed by atoms with van der Waals surface area (Å²) in [5, 5.41) is 8.16. The number of hydrogen-bond acceptors (Lipinski definition) is 5. The van der Waals surface area contributed by atoms with E-state index in [4.69, 9.17) is 5.14 Å². The predicted octanol–water partition coefficient (Wildman–Crippen LogP) is 2.81. The number of anilines is 2. The van der Waals surface area contributed by atoms with Gasteiger partial charge in [-0.2, -0.15) is 0 Å². The number of sulfonamides is 1. The summed E-state index contributed by atoms with van der Waals surface area (Å²) in [6.45, 7) is 0. The Hall–Kier alpha value is -2.84. The van der Waals surface area contributed by atoms with Crippen molar-refractivity contribution in [2.45, 2.75) is 5.75 Å². The molecule has 25 heavy (non-hydrogen) atoms. The van der Waals surface area contributed by atoms with Crippen molar-refractivity contribution in [3.05, 3.63) is 72.3 Å². The van der Waals surface area contributed by atoms with Crippen molar-refractivity contribution in [1.82, 2.24) is 9.97 Å².